The van der Waals surface area contributed by atoms with E-state index in [-0.39, 0.29) is 56.4 Å². The van der Waals surface area contributed by atoms with Gasteiger partial charge in [0, 0.05) is 36.4 Å². The molecule has 18 heteroatoms. The van der Waals surface area contributed by atoms with Crippen LogP contribution in [0.5, 0.6) is 0 Å². The number of esters is 6. The zero-order valence-electron chi connectivity index (χ0n) is 27.1. The Kier molecular flexibility index (Phi) is 17.3. The van der Waals surface area contributed by atoms with E-state index >= 15 is 0 Å². The average Bonchev–Trinajstić information content (AvgIpc) is 3.02. The fourth-order valence-electron chi connectivity index (χ4n) is 3.32. The summed E-state index contributed by atoms with van der Waals surface area (Å²) in [5, 5.41) is 0. The van der Waals surface area contributed by atoms with E-state index in [1.807, 2.05) is 0 Å². The predicted molar refractivity (Wildman–Crippen MR) is 163 cm³/mol. The van der Waals surface area contributed by atoms with Gasteiger partial charge in [-0.3, -0.25) is 14.4 Å². The van der Waals surface area contributed by atoms with E-state index in [4.69, 9.17) is 28.4 Å². The van der Waals surface area contributed by atoms with Gasteiger partial charge in [-0.05, 0) is 20.8 Å². The van der Waals surface area contributed by atoms with Crippen LogP contribution in [0.1, 0.15) is 40.0 Å². The van der Waals surface area contributed by atoms with E-state index in [1.165, 1.54) is 20.8 Å². The summed E-state index contributed by atoms with van der Waals surface area (Å²) in [7, 11) is 0. The van der Waals surface area contributed by atoms with E-state index in [0.29, 0.717) is 13.7 Å². The second kappa shape index (κ2) is 20.5. The highest BCUT2D eigenvalue weighted by Crippen LogP contribution is 1.97. The average molecular weight is 682 g/mol. The summed E-state index contributed by atoms with van der Waals surface area (Å²) in [4.78, 5) is 110. The minimum absolute atomic E-state index is 0.141. The van der Waals surface area contributed by atoms with Crippen LogP contribution in [0.15, 0.2) is 50.8 Å². The predicted octanol–water partition coefficient (Wildman–Crippen LogP) is -0.670. The molecule has 0 bridgehead atoms. The molecule has 0 aliphatic carbocycles. The van der Waals surface area contributed by atoms with Crippen molar-refractivity contribution in [3.05, 3.63) is 67.9 Å². The van der Waals surface area contributed by atoms with Crippen LogP contribution in [0, 0.1) is 0 Å². The molecule has 264 valence electrons. The van der Waals surface area contributed by atoms with Crippen LogP contribution in [0.2, 0.25) is 0 Å². The van der Waals surface area contributed by atoms with Crippen molar-refractivity contribution in [2.24, 2.45) is 0 Å². The third-order valence-corrected chi connectivity index (χ3v) is 5.79. The number of ether oxygens (including phenoxy) is 6. The molecule has 0 saturated carbocycles. The minimum Gasteiger partial charge on any atom is -0.462 e. The Morgan fingerprint density at radius 3 is 0.854 bits per heavy atom. The van der Waals surface area contributed by atoms with Crippen molar-refractivity contribution in [1.82, 2.24) is 13.7 Å². The number of rotatable bonds is 21. The standard InChI is InChI=1S/C30H39N3O15/c1-19(2)25(37)46-16-13-43-22(34)7-10-31-28(40)32(11-8-23(35)44-14-17-47-26(38)20(3)4)30(42)33(29(31)41)12-9-24(36)45-15-18-48-27(39)21(5)6/h1,3,5,7-18H2,2,4,6H3. The molecule has 0 aromatic carbocycles. The van der Waals surface area contributed by atoms with Crippen LogP contribution in [0.3, 0.4) is 0 Å². The molecule has 0 atom stereocenters. The molecule has 0 unspecified atom stereocenters. The maximum Gasteiger partial charge on any atom is 0.336 e. The van der Waals surface area contributed by atoms with Crippen LogP contribution in [0.25, 0.3) is 0 Å². The van der Waals surface area contributed by atoms with Gasteiger partial charge in [0.1, 0.15) is 39.6 Å². The highest BCUT2D eigenvalue weighted by molar-refractivity contribution is 5.87. The maximum absolute atomic E-state index is 13.1. The fourth-order valence-corrected chi connectivity index (χ4v) is 3.32. The Hall–Kier alpha value is -5.55. The van der Waals surface area contributed by atoms with Crippen LogP contribution in [0.4, 0.5) is 0 Å². The van der Waals surface area contributed by atoms with Crippen molar-refractivity contribution in [2.45, 2.75) is 59.7 Å². The van der Waals surface area contributed by atoms with Gasteiger partial charge in [-0.25, -0.2) is 42.5 Å². The maximum atomic E-state index is 13.1. The summed E-state index contributed by atoms with van der Waals surface area (Å²) in [5.41, 5.74) is -3.05. The molecule has 0 spiro atoms. The van der Waals surface area contributed by atoms with Crippen LogP contribution in [-0.4, -0.2) is 89.2 Å². The van der Waals surface area contributed by atoms with Gasteiger partial charge in [0.15, 0.2) is 0 Å². The first-order valence-corrected chi connectivity index (χ1v) is 14.5. The largest absolute Gasteiger partial charge is 0.462 e. The van der Waals surface area contributed by atoms with E-state index in [0.717, 1.165) is 0 Å². The summed E-state index contributed by atoms with van der Waals surface area (Å²) in [6, 6.07) is 0. The second-order valence-corrected chi connectivity index (χ2v) is 9.96. The van der Waals surface area contributed by atoms with Crippen molar-refractivity contribution in [3.8, 4) is 0 Å². The lowest BCUT2D eigenvalue weighted by atomic mass is 10.4. The van der Waals surface area contributed by atoms with Crippen molar-refractivity contribution in [3.63, 3.8) is 0 Å². The zero-order chi connectivity index (χ0) is 36.4. The second-order valence-electron chi connectivity index (χ2n) is 9.96. The molecular weight excluding hydrogens is 642 g/mol. The lowest BCUT2D eigenvalue weighted by Gasteiger charge is -2.14. The van der Waals surface area contributed by atoms with Crippen LogP contribution in [-0.2, 0) is 76.8 Å². The van der Waals surface area contributed by atoms with Gasteiger partial charge in [0.25, 0.3) is 0 Å². The molecule has 0 saturated heterocycles. The van der Waals surface area contributed by atoms with Gasteiger partial charge in [-0.15, -0.1) is 0 Å². The Morgan fingerprint density at radius 2 is 0.646 bits per heavy atom. The molecule has 0 radical (unpaired) electrons. The first-order valence-electron chi connectivity index (χ1n) is 14.5. The third-order valence-electron chi connectivity index (χ3n) is 5.79. The molecule has 48 heavy (non-hydrogen) atoms. The molecule has 1 aromatic rings. The number of carbonyl (C=O) groups is 6. The first kappa shape index (κ1) is 40.5. The summed E-state index contributed by atoms with van der Waals surface area (Å²) in [6.45, 7) is 11.1. The van der Waals surface area contributed by atoms with E-state index in [9.17, 15) is 43.2 Å². The summed E-state index contributed by atoms with van der Waals surface area (Å²) < 4.78 is 30.9. The minimum atomic E-state index is -1.16. The molecule has 1 rings (SSSR count). The van der Waals surface area contributed by atoms with Crippen LogP contribution >= 0.6 is 0 Å². The molecule has 0 amide bonds. The molecular formula is C30H39N3O15. The summed E-state index contributed by atoms with van der Waals surface area (Å²) >= 11 is 0. The number of hydrogen-bond donors (Lipinski definition) is 0. The SMILES string of the molecule is C=C(C)C(=O)OCCOC(=O)CCn1c(=O)n(CCC(=O)OCCOC(=O)C(=C)C)c(=O)n(CCC(=O)OCCOC(=O)C(=C)C)c1=O. The summed E-state index contributed by atoms with van der Waals surface area (Å²) in [6.07, 6.45) is -1.55. The monoisotopic (exact) mass is 681 g/mol. The Morgan fingerprint density at radius 1 is 0.438 bits per heavy atom. The van der Waals surface area contributed by atoms with E-state index in [1.54, 1.807) is 0 Å². The van der Waals surface area contributed by atoms with Gasteiger partial charge in [-0.1, -0.05) is 19.7 Å². The Labute approximate surface area is 274 Å². The number of aromatic nitrogens is 3. The van der Waals surface area contributed by atoms with E-state index in [2.05, 4.69) is 19.7 Å². The van der Waals surface area contributed by atoms with Gasteiger partial charge in [-0.2, -0.15) is 0 Å². The van der Waals surface area contributed by atoms with Gasteiger partial charge >= 0.3 is 52.9 Å². The van der Waals surface area contributed by atoms with E-state index < -0.39 is 91.8 Å². The molecule has 18 nitrogen and oxygen atoms in total. The lowest BCUT2D eigenvalue weighted by molar-refractivity contribution is -0.150. The molecule has 0 fully saturated rings. The van der Waals surface area contributed by atoms with Crippen molar-refractivity contribution in [1.29, 1.82) is 0 Å². The highest BCUT2D eigenvalue weighted by atomic mass is 16.6. The summed E-state index contributed by atoms with van der Waals surface area (Å²) in [5.74, 6) is -4.68. The number of carbonyl (C=O) groups excluding carboxylic acids is 6. The Balaban J connectivity index is 3.04. The molecule has 0 aliphatic rings. The Bertz CT molecular complexity index is 1380. The van der Waals surface area contributed by atoms with Gasteiger partial charge in [0.05, 0.1) is 19.3 Å². The third kappa shape index (κ3) is 14.3. The smallest absolute Gasteiger partial charge is 0.336 e. The van der Waals surface area contributed by atoms with Gasteiger partial charge < -0.3 is 28.4 Å². The fraction of sp³-hybridized carbons (Fsp3) is 0.500. The van der Waals surface area contributed by atoms with Crippen LogP contribution < -0.4 is 17.1 Å². The number of hydrogen-bond acceptors (Lipinski definition) is 15. The normalized spacial score (nSPS) is 10.3. The van der Waals surface area contributed by atoms with Crippen molar-refractivity contribution in [2.75, 3.05) is 39.6 Å². The molecule has 1 aromatic heterocycles. The molecule has 0 N–H and O–H groups in total. The number of nitrogens with zero attached hydrogens (tertiary/aromatic N) is 3. The van der Waals surface area contributed by atoms with Crippen molar-refractivity contribution < 1.29 is 57.2 Å². The highest BCUT2D eigenvalue weighted by Gasteiger charge is 2.19. The first-order chi connectivity index (χ1) is 22.6. The van der Waals surface area contributed by atoms with Gasteiger partial charge in [0.2, 0.25) is 0 Å². The molecule has 1 heterocycles. The molecule has 0 aliphatic heterocycles. The topological polar surface area (TPSA) is 224 Å². The quantitative estimate of drug-likeness (QED) is 0.0679. The lowest BCUT2D eigenvalue weighted by Crippen LogP contribution is -2.55. The zero-order valence-corrected chi connectivity index (χ0v) is 27.1. The van der Waals surface area contributed by atoms with Crippen molar-refractivity contribution >= 4 is 35.8 Å².